The van der Waals surface area contributed by atoms with Gasteiger partial charge in [-0.15, -0.1) is 0 Å². The topological polar surface area (TPSA) is 35.2 Å². The van der Waals surface area contributed by atoms with Crippen LogP contribution in [0, 0.1) is 0 Å². The van der Waals surface area contributed by atoms with E-state index in [-0.39, 0.29) is 6.04 Å². The Hall–Kier alpha value is -0.0600. The summed E-state index contributed by atoms with van der Waals surface area (Å²) in [5.74, 6) is 0.823. The highest BCUT2D eigenvalue weighted by molar-refractivity contribution is 9.11. The van der Waals surface area contributed by atoms with Crippen molar-refractivity contribution in [3.63, 3.8) is 0 Å². The van der Waals surface area contributed by atoms with Crippen molar-refractivity contribution in [2.45, 2.75) is 25.8 Å². The third-order valence-electron chi connectivity index (χ3n) is 2.28. The monoisotopic (exact) mass is 335 g/mol. The molecule has 0 radical (unpaired) electrons. The number of ether oxygens (including phenoxy) is 1. The van der Waals surface area contributed by atoms with Crippen molar-refractivity contribution in [3.05, 3.63) is 26.6 Å². The highest BCUT2D eigenvalue weighted by Crippen LogP contribution is 2.34. The van der Waals surface area contributed by atoms with Crippen molar-refractivity contribution in [1.29, 1.82) is 0 Å². The molecule has 0 aromatic heterocycles. The van der Waals surface area contributed by atoms with Gasteiger partial charge in [0.15, 0.2) is 0 Å². The summed E-state index contributed by atoms with van der Waals surface area (Å²) in [6.07, 6.45) is 1.87. The summed E-state index contributed by atoms with van der Waals surface area (Å²) < 4.78 is 7.15. The summed E-state index contributed by atoms with van der Waals surface area (Å²) in [6, 6.07) is 4.33. The first-order valence-electron chi connectivity index (χ1n) is 4.86. The Morgan fingerprint density at radius 2 is 1.87 bits per heavy atom. The summed E-state index contributed by atoms with van der Waals surface area (Å²) in [5.41, 5.74) is 7.13. The van der Waals surface area contributed by atoms with Crippen molar-refractivity contribution in [3.8, 4) is 5.75 Å². The minimum absolute atomic E-state index is 0.220. The molecule has 0 heterocycles. The first-order valence-corrected chi connectivity index (χ1v) is 6.44. The van der Waals surface area contributed by atoms with E-state index in [0.717, 1.165) is 27.5 Å². The average molecular weight is 337 g/mol. The van der Waals surface area contributed by atoms with Crippen molar-refractivity contribution >= 4 is 31.9 Å². The zero-order valence-electron chi connectivity index (χ0n) is 8.89. The van der Waals surface area contributed by atoms with Gasteiger partial charge >= 0.3 is 0 Å². The van der Waals surface area contributed by atoms with Crippen LogP contribution in [0.5, 0.6) is 5.75 Å². The number of nitrogens with two attached hydrogens (primary N) is 1. The molecule has 1 aromatic carbocycles. The van der Waals surface area contributed by atoms with Crippen LogP contribution in [0.4, 0.5) is 0 Å². The number of hydrogen-bond acceptors (Lipinski definition) is 2. The van der Waals surface area contributed by atoms with E-state index in [1.165, 1.54) is 5.56 Å². The number of benzene rings is 1. The predicted octanol–water partition coefficient (Wildman–Crippen LogP) is 3.50. The molecule has 4 heteroatoms. The van der Waals surface area contributed by atoms with Crippen LogP contribution in [0.1, 0.15) is 18.9 Å². The SMILES string of the molecule is CCC(N)Cc1cc(Br)c(OC)c(Br)c1. The molecular formula is C11H15Br2NO. The van der Waals surface area contributed by atoms with Crippen LogP contribution >= 0.6 is 31.9 Å². The molecule has 15 heavy (non-hydrogen) atoms. The molecule has 0 aliphatic heterocycles. The first-order chi connectivity index (χ1) is 7.08. The average Bonchev–Trinajstić information content (AvgIpc) is 2.17. The van der Waals surface area contributed by atoms with E-state index >= 15 is 0 Å². The molecule has 84 valence electrons. The molecule has 0 bridgehead atoms. The Morgan fingerprint density at radius 3 is 2.27 bits per heavy atom. The van der Waals surface area contributed by atoms with Crippen LogP contribution in [0.2, 0.25) is 0 Å². The molecule has 2 N–H and O–H groups in total. The van der Waals surface area contributed by atoms with Crippen LogP contribution in [-0.4, -0.2) is 13.2 Å². The molecule has 1 aromatic rings. The van der Waals surface area contributed by atoms with Gasteiger partial charge in [-0.1, -0.05) is 6.92 Å². The largest absolute Gasteiger partial charge is 0.494 e. The predicted molar refractivity (Wildman–Crippen MR) is 70.4 cm³/mol. The van der Waals surface area contributed by atoms with E-state index in [4.69, 9.17) is 10.5 Å². The molecule has 1 atom stereocenters. The minimum Gasteiger partial charge on any atom is -0.494 e. The molecule has 0 amide bonds. The van der Waals surface area contributed by atoms with E-state index in [2.05, 4.69) is 50.9 Å². The van der Waals surface area contributed by atoms with Gasteiger partial charge in [0, 0.05) is 6.04 Å². The highest BCUT2D eigenvalue weighted by atomic mass is 79.9. The number of hydrogen-bond donors (Lipinski definition) is 1. The highest BCUT2D eigenvalue weighted by Gasteiger charge is 2.09. The van der Waals surface area contributed by atoms with E-state index < -0.39 is 0 Å². The van der Waals surface area contributed by atoms with Crippen LogP contribution in [-0.2, 0) is 6.42 Å². The molecule has 1 rings (SSSR count). The zero-order chi connectivity index (χ0) is 11.4. The lowest BCUT2D eigenvalue weighted by Crippen LogP contribution is -2.21. The van der Waals surface area contributed by atoms with Gasteiger partial charge in [-0.05, 0) is 62.4 Å². The first kappa shape index (κ1) is 13.0. The molecule has 0 aliphatic rings. The molecule has 0 saturated carbocycles. The van der Waals surface area contributed by atoms with Gasteiger partial charge in [0.25, 0.3) is 0 Å². The van der Waals surface area contributed by atoms with Gasteiger partial charge in [-0.2, -0.15) is 0 Å². The molecule has 1 unspecified atom stereocenters. The number of methoxy groups -OCH3 is 1. The summed E-state index contributed by atoms with van der Waals surface area (Å²) in [4.78, 5) is 0. The fourth-order valence-corrected chi connectivity index (χ4v) is 2.98. The molecule has 0 fully saturated rings. The molecule has 2 nitrogen and oxygen atoms in total. The Kier molecular flexibility index (Phi) is 5.09. The van der Waals surface area contributed by atoms with Gasteiger partial charge in [0.05, 0.1) is 16.1 Å². The summed E-state index contributed by atoms with van der Waals surface area (Å²) >= 11 is 6.95. The molecule has 0 aliphatic carbocycles. The Morgan fingerprint density at radius 1 is 1.33 bits per heavy atom. The number of halogens is 2. The lowest BCUT2D eigenvalue weighted by molar-refractivity contribution is 0.409. The van der Waals surface area contributed by atoms with Crippen molar-refractivity contribution in [2.24, 2.45) is 5.73 Å². The van der Waals surface area contributed by atoms with E-state index in [9.17, 15) is 0 Å². The van der Waals surface area contributed by atoms with E-state index in [1.807, 2.05) is 0 Å². The van der Waals surface area contributed by atoms with Gasteiger partial charge in [-0.25, -0.2) is 0 Å². The maximum absolute atomic E-state index is 5.91. The second-order valence-corrected chi connectivity index (χ2v) is 5.17. The third kappa shape index (κ3) is 3.47. The summed E-state index contributed by atoms with van der Waals surface area (Å²) in [5, 5.41) is 0. The van der Waals surface area contributed by atoms with Crippen molar-refractivity contribution < 1.29 is 4.74 Å². The minimum atomic E-state index is 0.220. The summed E-state index contributed by atoms with van der Waals surface area (Å²) in [6.45, 7) is 2.10. The van der Waals surface area contributed by atoms with Gasteiger partial charge < -0.3 is 10.5 Å². The lowest BCUT2D eigenvalue weighted by Gasteiger charge is -2.12. The second-order valence-electron chi connectivity index (χ2n) is 3.47. The molecule has 0 spiro atoms. The van der Waals surface area contributed by atoms with E-state index in [0.29, 0.717) is 0 Å². The summed E-state index contributed by atoms with van der Waals surface area (Å²) in [7, 11) is 1.66. The second kappa shape index (κ2) is 5.87. The van der Waals surface area contributed by atoms with Crippen LogP contribution in [0.25, 0.3) is 0 Å². The van der Waals surface area contributed by atoms with Crippen LogP contribution in [0.3, 0.4) is 0 Å². The third-order valence-corrected chi connectivity index (χ3v) is 3.46. The quantitative estimate of drug-likeness (QED) is 0.913. The van der Waals surface area contributed by atoms with Gasteiger partial charge in [0.1, 0.15) is 5.75 Å². The Labute approximate surface area is 107 Å². The maximum atomic E-state index is 5.91. The van der Waals surface area contributed by atoms with Crippen molar-refractivity contribution in [1.82, 2.24) is 0 Å². The normalized spacial score (nSPS) is 12.6. The van der Waals surface area contributed by atoms with Gasteiger partial charge in [0.2, 0.25) is 0 Å². The van der Waals surface area contributed by atoms with Gasteiger partial charge in [-0.3, -0.25) is 0 Å². The van der Waals surface area contributed by atoms with Crippen molar-refractivity contribution in [2.75, 3.05) is 7.11 Å². The Balaban J connectivity index is 2.93. The molecular weight excluding hydrogens is 322 g/mol. The standard InChI is InChI=1S/C11H15Br2NO/c1-3-8(14)4-7-5-9(12)11(15-2)10(13)6-7/h5-6,8H,3-4,14H2,1-2H3. The van der Waals surface area contributed by atoms with E-state index in [1.54, 1.807) is 7.11 Å². The fourth-order valence-electron chi connectivity index (χ4n) is 1.37. The smallest absolute Gasteiger partial charge is 0.147 e. The zero-order valence-corrected chi connectivity index (χ0v) is 12.1. The maximum Gasteiger partial charge on any atom is 0.147 e. The van der Waals surface area contributed by atoms with Crippen LogP contribution in [0.15, 0.2) is 21.1 Å². The Bertz CT molecular complexity index is 318. The molecule has 0 saturated heterocycles. The number of rotatable bonds is 4. The van der Waals surface area contributed by atoms with Crippen LogP contribution < -0.4 is 10.5 Å². The lowest BCUT2D eigenvalue weighted by atomic mass is 10.0. The fraction of sp³-hybridized carbons (Fsp3) is 0.455.